The zero-order valence-corrected chi connectivity index (χ0v) is 17.9. The molecule has 3 heterocycles. The van der Waals surface area contributed by atoms with Gasteiger partial charge in [-0.1, -0.05) is 19.6 Å². The van der Waals surface area contributed by atoms with Crippen LogP contribution in [0.2, 0.25) is 25.7 Å². The summed E-state index contributed by atoms with van der Waals surface area (Å²) in [5, 5.41) is 1.21. The number of nitrogens with zero attached hydrogens (tertiary/aromatic N) is 3. The molecule has 1 fully saturated rings. The summed E-state index contributed by atoms with van der Waals surface area (Å²) < 4.78 is 14.9. The van der Waals surface area contributed by atoms with Gasteiger partial charge in [0.15, 0.2) is 0 Å². The van der Waals surface area contributed by atoms with E-state index in [0.717, 1.165) is 38.7 Å². The highest BCUT2D eigenvalue weighted by atomic mass is 127. The van der Waals surface area contributed by atoms with Crippen LogP contribution < -0.4 is 4.90 Å². The van der Waals surface area contributed by atoms with E-state index in [2.05, 4.69) is 68.8 Å². The van der Waals surface area contributed by atoms with Gasteiger partial charge in [-0.2, -0.15) is 0 Å². The average molecular weight is 459 g/mol. The van der Waals surface area contributed by atoms with Crippen molar-refractivity contribution < 1.29 is 9.47 Å². The number of rotatable bonds is 6. The van der Waals surface area contributed by atoms with Crippen LogP contribution in [0.4, 0.5) is 5.82 Å². The SMILES string of the molecule is C[Si](C)(C)CCOCn1c(I)cc2c(N3CCOCC3)nccc21. The lowest BCUT2D eigenvalue weighted by Gasteiger charge is -2.28. The summed E-state index contributed by atoms with van der Waals surface area (Å²) in [6, 6.07) is 5.50. The van der Waals surface area contributed by atoms with Gasteiger partial charge in [-0.25, -0.2) is 4.98 Å². The van der Waals surface area contributed by atoms with Gasteiger partial charge < -0.3 is 18.9 Å². The van der Waals surface area contributed by atoms with E-state index in [9.17, 15) is 0 Å². The summed E-state index contributed by atoms with van der Waals surface area (Å²) >= 11 is 2.39. The molecule has 5 nitrogen and oxygen atoms in total. The van der Waals surface area contributed by atoms with E-state index in [-0.39, 0.29) is 0 Å². The Hall–Kier alpha value is -0.643. The molecule has 2 aromatic rings. The molecule has 0 amide bonds. The number of fused-ring (bicyclic) bond motifs is 1. The molecule has 0 radical (unpaired) electrons. The van der Waals surface area contributed by atoms with Crippen LogP contribution in [0.1, 0.15) is 0 Å². The molecule has 1 aliphatic rings. The topological polar surface area (TPSA) is 39.5 Å². The number of aromatic nitrogens is 2. The van der Waals surface area contributed by atoms with Gasteiger partial charge >= 0.3 is 0 Å². The normalized spacial score (nSPS) is 16.1. The van der Waals surface area contributed by atoms with Crippen molar-refractivity contribution in [1.82, 2.24) is 9.55 Å². The molecule has 1 saturated heterocycles. The largest absolute Gasteiger partial charge is 0.378 e. The second-order valence-corrected chi connectivity index (χ2v) is 14.1. The maximum Gasteiger partial charge on any atom is 0.138 e. The number of halogens is 1. The van der Waals surface area contributed by atoms with Gasteiger partial charge in [-0.15, -0.1) is 0 Å². The minimum atomic E-state index is -1.04. The Morgan fingerprint density at radius 1 is 1.29 bits per heavy atom. The van der Waals surface area contributed by atoms with E-state index < -0.39 is 8.07 Å². The third-order valence-electron chi connectivity index (χ3n) is 4.29. The van der Waals surface area contributed by atoms with Gasteiger partial charge in [0.2, 0.25) is 0 Å². The molecule has 0 unspecified atom stereocenters. The lowest BCUT2D eigenvalue weighted by atomic mass is 10.2. The highest BCUT2D eigenvalue weighted by Gasteiger charge is 2.18. The van der Waals surface area contributed by atoms with Crippen LogP contribution in [-0.4, -0.2) is 50.5 Å². The van der Waals surface area contributed by atoms with Crippen LogP contribution in [0.3, 0.4) is 0 Å². The molecular formula is C17H26IN3O2Si. The maximum absolute atomic E-state index is 5.97. The average Bonchev–Trinajstić information content (AvgIpc) is 2.87. The number of hydrogen-bond donors (Lipinski definition) is 0. The fraction of sp³-hybridized carbons (Fsp3) is 0.588. The van der Waals surface area contributed by atoms with Crippen LogP contribution in [0.25, 0.3) is 10.9 Å². The molecule has 2 aromatic heterocycles. The molecule has 24 heavy (non-hydrogen) atoms. The van der Waals surface area contributed by atoms with Gasteiger partial charge in [0.05, 0.1) is 22.4 Å². The third kappa shape index (κ3) is 4.30. The number of pyridine rings is 1. The zero-order chi connectivity index (χ0) is 17.2. The van der Waals surface area contributed by atoms with Gasteiger partial charge in [-0.05, 0) is 40.8 Å². The third-order valence-corrected chi connectivity index (χ3v) is 6.88. The Labute approximate surface area is 158 Å². The molecule has 0 aromatic carbocycles. The van der Waals surface area contributed by atoms with Crippen LogP contribution in [0, 0.1) is 3.70 Å². The van der Waals surface area contributed by atoms with Gasteiger partial charge in [0, 0.05) is 39.4 Å². The predicted octanol–water partition coefficient (Wildman–Crippen LogP) is 3.79. The zero-order valence-electron chi connectivity index (χ0n) is 14.7. The van der Waals surface area contributed by atoms with E-state index in [4.69, 9.17) is 9.47 Å². The first-order chi connectivity index (χ1) is 11.5. The van der Waals surface area contributed by atoms with Crippen molar-refractivity contribution in [3.05, 3.63) is 22.0 Å². The van der Waals surface area contributed by atoms with Crippen molar-refractivity contribution in [1.29, 1.82) is 0 Å². The van der Waals surface area contributed by atoms with E-state index >= 15 is 0 Å². The Balaban J connectivity index is 1.78. The molecule has 0 saturated carbocycles. The van der Waals surface area contributed by atoms with E-state index in [1.807, 2.05) is 6.20 Å². The summed E-state index contributed by atoms with van der Waals surface area (Å²) in [6.07, 6.45) is 1.90. The Morgan fingerprint density at radius 3 is 2.75 bits per heavy atom. The Morgan fingerprint density at radius 2 is 2.04 bits per heavy atom. The van der Waals surface area contributed by atoms with Crippen molar-refractivity contribution in [2.24, 2.45) is 0 Å². The number of ether oxygens (including phenoxy) is 2. The first kappa shape index (κ1) is 18.2. The highest BCUT2D eigenvalue weighted by Crippen LogP contribution is 2.29. The smallest absolute Gasteiger partial charge is 0.138 e. The summed E-state index contributed by atoms with van der Waals surface area (Å²) in [4.78, 5) is 6.95. The molecular weight excluding hydrogens is 433 g/mol. The maximum atomic E-state index is 5.97. The monoisotopic (exact) mass is 459 g/mol. The number of anilines is 1. The first-order valence-corrected chi connectivity index (χ1v) is 13.3. The predicted molar refractivity (Wildman–Crippen MR) is 110 cm³/mol. The second kappa shape index (κ2) is 7.71. The molecule has 7 heteroatoms. The lowest BCUT2D eigenvalue weighted by molar-refractivity contribution is 0.0887. The van der Waals surface area contributed by atoms with Crippen molar-refractivity contribution in [3.8, 4) is 0 Å². The van der Waals surface area contributed by atoms with Crippen molar-refractivity contribution >= 4 is 47.4 Å². The molecule has 132 valence electrons. The quantitative estimate of drug-likeness (QED) is 0.375. The first-order valence-electron chi connectivity index (χ1n) is 8.50. The van der Waals surface area contributed by atoms with Crippen LogP contribution in [0.15, 0.2) is 18.3 Å². The molecule has 0 aliphatic carbocycles. The lowest BCUT2D eigenvalue weighted by Crippen LogP contribution is -2.36. The standard InChI is InChI=1S/C17H26IN3O2Si/c1-24(2,3)11-10-23-13-21-15-4-5-19-17(14(15)12-16(21)18)20-6-8-22-9-7-20/h4-5,12H,6-11,13H2,1-3H3. The Bertz CT molecular complexity index is 693. The fourth-order valence-electron chi connectivity index (χ4n) is 2.83. The molecule has 0 N–H and O–H groups in total. The number of hydrogen-bond acceptors (Lipinski definition) is 4. The van der Waals surface area contributed by atoms with E-state index in [1.54, 1.807) is 0 Å². The molecule has 0 atom stereocenters. The molecule has 0 spiro atoms. The van der Waals surface area contributed by atoms with E-state index in [1.165, 1.54) is 20.6 Å². The van der Waals surface area contributed by atoms with Gasteiger partial charge in [-0.3, -0.25) is 0 Å². The van der Waals surface area contributed by atoms with Crippen molar-refractivity contribution in [3.63, 3.8) is 0 Å². The minimum absolute atomic E-state index is 0.610. The molecule has 0 bridgehead atoms. The van der Waals surface area contributed by atoms with E-state index in [0.29, 0.717) is 6.73 Å². The van der Waals surface area contributed by atoms with Crippen LogP contribution in [-0.2, 0) is 16.2 Å². The van der Waals surface area contributed by atoms with Crippen molar-refractivity contribution in [2.45, 2.75) is 32.4 Å². The highest BCUT2D eigenvalue weighted by molar-refractivity contribution is 14.1. The van der Waals surface area contributed by atoms with Crippen LogP contribution in [0.5, 0.6) is 0 Å². The van der Waals surface area contributed by atoms with Crippen LogP contribution >= 0.6 is 22.6 Å². The fourth-order valence-corrected chi connectivity index (χ4v) is 4.30. The number of morpholine rings is 1. The van der Waals surface area contributed by atoms with Gasteiger partial charge in [0.1, 0.15) is 12.5 Å². The molecule has 1 aliphatic heterocycles. The molecule has 3 rings (SSSR count). The Kier molecular flexibility index (Phi) is 5.84. The summed E-state index contributed by atoms with van der Waals surface area (Å²) in [6.45, 7) is 11.9. The minimum Gasteiger partial charge on any atom is -0.378 e. The summed E-state index contributed by atoms with van der Waals surface area (Å²) in [5.74, 6) is 1.06. The van der Waals surface area contributed by atoms with Gasteiger partial charge in [0.25, 0.3) is 0 Å². The van der Waals surface area contributed by atoms with Crippen molar-refractivity contribution in [2.75, 3.05) is 37.8 Å². The summed E-state index contributed by atoms with van der Waals surface area (Å²) in [7, 11) is -1.04. The second-order valence-electron chi connectivity index (χ2n) is 7.41. The summed E-state index contributed by atoms with van der Waals surface area (Å²) in [5.41, 5.74) is 1.20.